The Kier molecular flexibility index (Phi) is 5.68. The van der Waals surface area contributed by atoms with Crippen molar-refractivity contribution in [3.8, 4) is 17.2 Å². The first-order chi connectivity index (χ1) is 14.9. The van der Waals surface area contributed by atoms with Gasteiger partial charge in [-0.1, -0.05) is 6.07 Å². The Bertz CT molecular complexity index is 1210. The van der Waals surface area contributed by atoms with Gasteiger partial charge < -0.3 is 19.5 Å². The highest BCUT2D eigenvalue weighted by Gasteiger charge is 2.17. The Morgan fingerprint density at radius 3 is 2.52 bits per heavy atom. The SMILES string of the molecule is CCOc1ccc(S(=O)(=O)Nc2cccc(C(=O)Nc3ccc4c(c3)OCO4)c2)cc1. The average molecular weight is 440 g/mol. The van der Waals surface area contributed by atoms with Crippen LogP contribution >= 0.6 is 0 Å². The molecule has 4 rings (SSSR count). The van der Waals surface area contributed by atoms with Gasteiger partial charge in [-0.05, 0) is 61.5 Å². The summed E-state index contributed by atoms with van der Waals surface area (Å²) in [7, 11) is -3.82. The van der Waals surface area contributed by atoms with E-state index < -0.39 is 10.0 Å². The fourth-order valence-electron chi connectivity index (χ4n) is 3.00. The van der Waals surface area contributed by atoms with Crippen molar-refractivity contribution in [1.29, 1.82) is 0 Å². The van der Waals surface area contributed by atoms with Crippen LogP contribution in [-0.2, 0) is 10.0 Å². The van der Waals surface area contributed by atoms with E-state index in [0.717, 1.165) is 0 Å². The number of ether oxygens (including phenoxy) is 3. The lowest BCUT2D eigenvalue weighted by Crippen LogP contribution is -2.15. The van der Waals surface area contributed by atoms with Gasteiger partial charge in [0.2, 0.25) is 6.79 Å². The Hall–Kier alpha value is -3.72. The fraction of sp³-hybridized carbons (Fsp3) is 0.136. The van der Waals surface area contributed by atoms with Gasteiger partial charge in [0.15, 0.2) is 11.5 Å². The number of rotatable bonds is 7. The Labute approximate surface area is 179 Å². The number of amides is 1. The largest absolute Gasteiger partial charge is 0.494 e. The lowest BCUT2D eigenvalue weighted by atomic mass is 10.2. The van der Waals surface area contributed by atoms with Crippen molar-refractivity contribution in [2.75, 3.05) is 23.4 Å². The van der Waals surface area contributed by atoms with Crippen molar-refractivity contribution in [2.24, 2.45) is 0 Å². The Morgan fingerprint density at radius 1 is 0.968 bits per heavy atom. The predicted octanol–water partition coefficient (Wildman–Crippen LogP) is 3.87. The van der Waals surface area contributed by atoms with Crippen LogP contribution in [0.15, 0.2) is 71.6 Å². The van der Waals surface area contributed by atoms with Crippen LogP contribution in [0.3, 0.4) is 0 Å². The van der Waals surface area contributed by atoms with Gasteiger partial charge in [0.25, 0.3) is 15.9 Å². The van der Waals surface area contributed by atoms with Crippen LogP contribution in [0.25, 0.3) is 0 Å². The molecule has 2 N–H and O–H groups in total. The van der Waals surface area contributed by atoms with E-state index in [1.165, 1.54) is 18.2 Å². The molecule has 1 amide bonds. The second-order valence-electron chi connectivity index (χ2n) is 6.61. The van der Waals surface area contributed by atoms with E-state index in [0.29, 0.717) is 35.1 Å². The second kappa shape index (κ2) is 8.57. The number of hydrogen-bond acceptors (Lipinski definition) is 6. The third-order valence-corrected chi connectivity index (χ3v) is 5.85. The van der Waals surface area contributed by atoms with E-state index in [1.54, 1.807) is 48.5 Å². The van der Waals surface area contributed by atoms with Crippen molar-refractivity contribution < 1.29 is 27.4 Å². The zero-order valence-electron chi connectivity index (χ0n) is 16.6. The number of hydrogen-bond donors (Lipinski definition) is 2. The molecule has 0 saturated carbocycles. The van der Waals surface area contributed by atoms with Gasteiger partial charge >= 0.3 is 0 Å². The maximum absolute atomic E-state index is 12.7. The number of nitrogens with one attached hydrogen (secondary N) is 2. The Balaban J connectivity index is 1.48. The fourth-order valence-corrected chi connectivity index (χ4v) is 4.05. The van der Waals surface area contributed by atoms with Crippen molar-refractivity contribution >= 4 is 27.3 Å². The number of benzene rings is 3. The van der Waals surface area contributed by atoms with Gasteiger partial charge in [0, 0.05) is 23.0 Å². The first-order valence-electron chi connectivity index (χ1n) is 9.51. The van der Waals surface area contributed by atoms with Crippen LogP contribution < -0.4 is 24.2 Å². The van der Waals surface area contributed by atoms with Gasteiger partial charge in [-0.15, -0.1) is 0 Å². The lowest BCUT2D eigenvalue weighted by Gasteiger charge is -2.11. The summed E-state index contributed by atoms with van der Waals surface area (Å²) < 4.78 is 43.7. The summed E-state index contributed by atoms with van der Waals surface area (Å²) in [6.07, 6.45) is 0. The van der Waals surface area contributed by atoms with Crippen LogP contribution in [-0.4, -0.2) is 27.7 Å². The molecule has 0 saturated heterocycles. The molecule has 160 valence electrons. The van der Waals surface area contributed by atoms with Crippen molar-refractivity contribution in [1.82, 2.24) is 0 Å². The highest BCUT2D eigenvalue weighted by Crippen LogP contribution is 2.34. The van der Waals surface area contributed by atoms with E-state index in [4.69, 9.17) is 14.2 Å². The molecule has 0 aliphatic carbocycles. The number of carbonyl (C=O) groups is 1. The van der Waals surface area contributed by atoms with Crippen molar-refractivity contribution in [3.63, 3.8) is 0 Å². The Morgan fingerprint density at radius 2 is 1.74 bits per heavy atom. The third kappa shape index (κ3) is 4.72. The highest BCUT2D eigenvalue weighted by atomic mass is 32.2. The molecule has 3 aromatic carbocycles. The molecule has 8 nitrogen and oxygen atoms in total. The summed E-state index contributed by atoms with van der Waals surface area (Å²) in [5.41, 5.74) is 1.10. The van der Waals surface area contributed by atoms with E-state index in [2.05, 4.69) is 10.0 Å². The summed E-state index contributed by atoms with van der Waals surface area (Å²) in [5, 5.41) is 2.76. The van der Waals surface area contributed by atoms with Crippen molar-refractivity contribution in [3.05, 3.63) is 72.3 Å². The molecular weight excluding hydrogens is 420 g/mol. The number of carbonyl (C=O) groups excluding carboxylic acids is 1. The minimum atomic E-state index is -3.82. The van der Waals surface area contributed by atoms with Crippen molar-refractivity contribution in [2.45, 2.75) is 11.8 Å². The lowest BCUT2D eigenvalue weighted by molar-refractivity contribution is 0.102. The third-order valence-electron chi connectivity index (χ3n) is 4.45. The molecule has 31 heavy (non-hydrogen) atoms. The molecule has 9 heteroatoms. The molecule has 0 unspecified atom stereocenters. The number of sulfonamides is 1. The van der Waals surface area contributed by atoms with Gasteiger partial charge in [-0.3, -0.25) is 9.52 Å². The van der Waals surface area contributed by atoms with E-state index in [9.17, 15) is 13.2 Å². The number of anilines is 2. The van der Waals surface area contributed by atoms with Gasteiger partial charge in [0.1, 0.15) is 5.75 Å². The standard InChI is InChI=1S/C22H20N2O6S/c1-2-28-18-7-9-19(10-8-18)31(26,27)24-17-5-3-4-15(12-17)22(25)23-16-6-11-20-21(13-16)30-14-29-20/h3-13,24H,2,14H2,1H3,(H,23,25). The van der Waals surface area contributed by atoms with Gasteiger partial charge in [-0.2, -0.15) is 0 Å². The minimum Gasteiger partial charge on any atom is -0.494 e. The maximum atomic E-state index is 12.7. The maximum Gasteiger partial charge on any atom is 0.261 e. The summed E-state index contributed by atoms with van der Waals surface area (Å²) in [4.78, 5) is 12.7. The normalized spacial score (nSPS) is 12.3. The quantitative estimate of drug-likeness (QED) is 0.578. The average Bonchev–Trinajstić information content (AvgIpc) is 3.22. The summed E-state index contributed by atoms with van der Waals surface area (Å²) in [6, 6.07) is 17.4. The van der Waals surface area contributed by atoms with Gasteiger partial charge in [0.05, 0.1) is 11.5 Å². The van der Waals surface area contributed by atoms with E-state index >= 15 is 0 Å². The first-order valence-corrected chi connectivity index (χ1v) is 11.0. The van der Waals surface area contributed by atoms with Crippen LogP contribution in [0.4, 0.5) is 11.4 Å². The molecule has 0 spiro atoms. The summed E-state index contributed by atoms with van der Waals surface area (Å²) in [5.74, 6) is 1.36. The number of fused-ring (bicyclic) bond motifs is 1. The summed E-state index contributed by atoms with van der Waals surface area (Å²) in [6.45, 7) is 2.48. The van der Waals surface area contributed by atoms with Crippen LogP contribution in [0.5, 0.6) is 17.2 Å². The molecule has 0 atom stereocenters. The zero-order valence-corrected chi connectivity index (χ0v) is 17.4. The molecule has 1 heterocycles. The smallest absolute Gasteiger partial charge is 0.261 e. The van der Waals surface area contributed by atoms with E-state index in [1.807, 2.05) is 6.92 Å². The summed E-state index contributed by atoms with van der Waals surface area (Å²) >= 11 is 0. The second-order valence-corrected chi connectivity index (χ2v) is 8.30. The monoisotopic (exact) mass is 440 g/mol. The molecule has 1 aliphatic rings. The topological polar surface area (TPSA) is 103 Å². The van der Waals surface area contributed by atoms with Crippen LogP contribution in [0, 0.1) is 0 Å². The molecular formula is C22H20N2O6S. The van der Waals surface area contributed by atoms with Crippen LogP contribution in [0.2, 0.25) is 0 Å². The first kappa shape index (κ1) is 20.5. The minimum absolute atomic E-state index is 0.0890. The van der Waals surface area contributed by atoms with E-state index in [-0.39, 0.29) is 23.3 Å². The molecule has 0 fully saturated rings. The van der Waals surface area contributed by atoms with Gasteiger partial charge in [-0.25, -0.2) is 8.42 Å². The zero-order chi connectivity index (χ0) is 21.8. The highest BCUT2D eigenvalue weighted by molar-refractivity contribution is 7.92. The molecule has 0 bridgehead atoms. The molecule has 3 aromatic rings. The molecule has 0 radical (unpaired) electrons. The molecule has 1 aliphatic heterocycles. The molecule has 0 aromatic heterocycles. The van der Waals surface area contributed by atoms with Crippen LogP contribution in [0.1, 0.15) is 17.3 Å². The predicted molar refractivity (Wildman–Crippen MR) is 115 cm³/mol.